The summed E-state index contributed by atoms with van der Waals surface area (Å²) in [6.07, 6.45) is 4.66. The molecule has 2 saturated heterocycles. The summed E-state index contributed by atoms with van der Waals surface area (Å²) in [6, 6.07) is 5.88. The quantitative estimate of drug-likeness (QED) is 0.427. The minimum Gasteiger partial charge on any atom is -0.316 e. The number of nitrogens with zero attached hydrogens (tertiary/aromatic N) is 7. The smallest absolute Gasteiger partial charge is 0.229 e. The molecule has 2 unspecified atom stereocenters. The van der Waals surface area contributed by atoms with Gasteiger partial charge in [0.1, 0.15) is 11.5 Å². The number of hydrogen-bond acceptors (Lipinski definition) is 8. The van der Waals surface area contributed by atoms with E-state index in [1.807, 2.05) is 30.1 Å². The van der Waals surface area contributed by atoms with Gasteiger partial charge in [-0.15, -0.1) is 0 Å². The van der Waals surface area contributed by atoms with E-state index in [-0.39, 0.29) is 17.6 Å². The van der Waals surface area contributed by atoms with Crippen LogP contribution >= 0.6 is 0 Å². The van der Waals surface area contributed by atoms with Gasteiger partial charge in [-0.3, -0.25) is 9.58 Å². The van der Waals surface area contributed by atoms with Gasteiger partial charge in [-0.2, -0.15) is 5.10 Å². The maximum atomic E-state index is 14.8. The fourth-order valence-electron chi connectivity index (χ4n) is 5.59. The highest BCUT2D eigenvalue weighted by molar-refractivity contribution is 5.83. The average Bonchev–Trinajstić information content (AvgIpc) is 3.53. The van der Waals surface area contributed by atoms with Crippen LogP contribution in [0.5, 0.6) is 0 Å². The fourth-order valence-corrected chi connectivity index (χ4v) is 5.59. The van der Waals surface area contributed by atoms with Crippen molar-refractivity contribution >= 4 is 22.8 Å². The number of nitrogens with one attached hydrogen (secondary N) is 2. The summed E-state index contributed by atoms with van der Waals surface area (Å²) < 4.78 is 16.6. The third-order valence-corrected chi connectivity index (χ3v) is 7.24. The molecule has 9 nitrogen and oxygen atoms in total. The number of hydrogen-bond donors (Lipinski definition) is 2. The van der Waals surface area contributed by atoms with E-state index in [0.717, 1.165) is 55.6 Å². The van der Waals surface area contributed by atoms with Crippen molar-refractivity contribution in [3.63, 3.8) is 0 Å². The number of aromatic nitrogens is 6. The molecule has 2 aliphatic rings. The van der Waals surface area contributed by atoms with Crippen LogP contribution in [-0.2, 0) is 13.6 Å². The van der Waals surface area contributed by atoms with Gasteiger partial charge in [0.15, 0.2) is 11.5 Å². The number of halogens is 1. The van der Waals surface area contributed by atoms with Gasteiger partial charge in [0, 0.05) is 50.0 Å². The van der Waals surface area contributed by atoms with Gasteiger partial charge in [-0.05, 0) is 48.5 Å². The molecule has 6 rings (SSSR count). The zero-order chi connectivity index (χ0) is 24.8. The highest BCUT2D eigenvalue weighted by Gasteiger charge is 2.35. The van der Waals surface area contributed by atoms with Crippen LogP contribution in [0.3, 0.4) is 0 Å². The summed E-state index contributed by atoms with van der Waals surface area (Å²) in [7, 11) is 1.90. The molecule has 2 atom stereocenters. The lowest BCUT2D eigenvalue weighted by Crippen LogP contribution is -2.25. The zero-order valence-electron chi connectivity index (χ0n) is 20.7. The molecule has 10 heteroatoms. The maximum absolute atomic E-state index is 14.8. The number of fused-ring (bicyclic) bond motifs is 2. The van der Waals surface area contributed by atoms with E-state index < -0.39 is 5.82 Å². The standard InChI is InChI=1S/C26H30FN9/c1-15(2)24-20-6-17(10-30-25(20)34-35(24)3)23-21(27)11-31-26(33-23)32-22-5-4-16(7-29-22)12-36-13-18-8-28-9-19(18)14-36/h4-7,10-11,15,18-19,28H,8-9,12-14H2,1-3H3,(H,29,31,32,33). The van der Waals surface area contributed by atoms with Crippen molar-refractivity contribution in [1.29, 1.82) is 0 Å². The Hall–Kier alpha value is -3.50. The second-order valence-electron chi connectivity index (χ2n) is 10.2. The Bertz CT molecular complexity index is 1390. The van der Waals surface area contributed by atoms with Crippen molar-refractivity contribution in [2.24, 2.45) is 18.9 Å². The van der Waals surface area contributed by atoms with E-state index >= 15 is 0 Å². The predicted octanol–water partition coefficient (Wildman–Crippen LogP) is 3.48. The van der Waals surface area contributed by atoms with Crippen LogP contribution < -0.4 is 10.6 Å². The number of likely N-dealkylation sites (tertiary alicyclic amines) is 1. The van der Waals surface area contributed by atoms with E-state index in [0.29, 0.717) is 17.0 Å². The maximum Gasteiger partial charge on any atom is 0.229 e. The van der Waals surface area contributed by atoms with Crippen LogP contribution in [0.15, 0.2) is 36.8 Å². The fraction of sp³-hybridized carbons (Fsp3) is 0.423. The van der Waals surface area contributed by atoms with Gasteiger partial charge in [0.05, 0.1) is 11.9 Å². The second-order valence-corrected chi connectivity index (χ2v) is 10.2. The largest absolute Gasteiger partial charge is 0.316 e. The molecule has 2 fully saturated rings. The minimum absolute atomic E-state index is 0.186. The number of anilines is 2. The van der Waals surface area contributed by atoms with Crippen molar-refractivity contribution in [3.8, 4) is 11.3 Å². The SMILES string of the molecule is CC(C)c1c2cc(-c3nc(Nc4ccc(CN5CC6CNCC6C5)cn4)ncc3F)cnc2nn1C. The molecule has 186 valence electrons. The molecule has 6 heterocycles. The number of rotatable bonds is 6. The summed E-state index contributed by atoms with van der Waals surface area (Å²) in [6.45, 7) is 9.65. The molecule has 4 aromatic rings. The van der Waals surface area contributed by atoms with Crippen LogP contribution in [0.25, 0.3) is 22.3 Å². The van der Waals surface area contributed by atoms with Gasteiger partial charge in [0.25, 0.3) is 0 Å². The van der Waals surface area contributed by atoms with Gasteiger partial charge in [0.2, 0.25) is 5.95 Å². The molecular formula is C26H30FN9. The van der Waals surface area contributed by atoms with Gasteiger partial charge in [-0.1, -0.05) is 19.9 Å². The molecule has 2 aliphatic heterocycles. The van der Waals surface area contributed by atoms with Crippen LogP contribution in [0.4, 0.5) is 16.2 Å². The lowest BCUT2D eigenvalue weighted by Gasteiger charge is -2.17. The highest BCUT2D eigenvalue weighted by Crippen LogP contribution is 2.30. The Morgan fingerprint density at radius 1 is 1.08 bits per heavy atom. The first kappa shape index (κ1) is 22.9. The third kappa shape index (κ3) is 4.31. The Morgan fingerprint density at radius 3 is 2.61 bits per heavy atom. The van der Waals surface area contributed by atoms with Crippen molar-refractivity contribution in [3.05, 3.63) is 53.9 Å². The summed E-state index contributed by atoms with van der Waals surface area (Å²) in [4.78, 5) is 20.1. The summed E-state index contributed by atoms with van der Waals surface area (Å²) in [5.41, 5.74) is 3.62. The zero-order valence-corrected chi connectivity index (χ0v) is 20.7. The normalized spacial score (nSPS) is 19.9. The molecule has 0 amide bonds. The van der Waals surface area contributed by atoms with E-state index in [1.165, 1.54) is 11.8 Å². The lowest BCUT2D eigenvalue weighted by molar-refractivity contribution is 0.305. The molecule has 0 radical (unpaired) electrons. The predicted molar refractivity (Wildman–Crippen MR) is 136 cm³/mol. The molecule has 0 spiro atoms. The second kappa shape index (κ2) is 9.18. The number of aryl methyl sites for hydroxylation is 1. The molecule has 2 N–H and O–H groups in total. The van der Waals surface area contributed by atoms with E-state index in [9.17, 15) is 4.39 Å². The molecule has 0 saturated carbocycles. The van der Waals surface area contributed by atoms with Crippen molar-refractivity contribution < 1.29 is 4.39 Å². The molecule has 0 bridgehead atoms. The topological polar surface area (TPSA) is 96.7 Å². The number of pyridine rings is 2. The van der Waals surface area contributed by atoms with Crippen LogP contribution in [0, 0.1) is 17.7 Å². The molecule has 0 aromatic carbocycles. The van der Waals surface area contributed by atoms with E-state index in [1.54, 1.807) is 6.20 Å². The Balaban J connectivity index is 1.19. The molecule has 4 aromatic heterocycles. The van der Waals surface area contributed by atoms with Gasteiger partial charge < -0.3 is 10.6 Å². The van der Waals surface area contributed by atoms with Crippen molar-refractivity contribution in [1.82, 2.24) is 39.9 Å². The summed E-state index contributed by atoms with van der Waals surface area (Å²) in [5, 5.41) is 12.0. The monoisotopic (exact) mass is 487 g/mol. The van der Waals surface area contributed by atoms with E-state index in [2.05, 4.69) is 60.5 Å². The minimum atomic E-state index is -0.509. The van der Waals surface area contributed by atoms with Crippen molar-refractivity contribution in [2.75, 3.05) is 31.5 Å². The van der Waals surface area contributed by atoms with E-state index in [4.69, 9.17) is 0 Å². The van der Waals surface area contributed by atoms with Crippen LogP contribution in [0.1, 0.15) is 31.0 Å². The molecule has 0 aliphatic carbocycles. The third-order valence-electron chi connectivity index (χ3n) is 7.24. The first-order valence-electron chi connectivity index (χ1n) is 12.4. The van der Waals surface area contributed by atoms with Gasteiger partial charge in [-0.25, -0.2) is 24.3 Å². The average molecular weight is 488 g/mol. The van der Waals surface area contributed by atoms with Crippen LogP contribution in [0.2, 0.25) is 0 Å². The summed E-state index contributed by atoms with van der Waals surface area (Å²) in [5.74, 6) is 2.18. The molecule has 36 heavy (non-hydrogen) atoms. The lowest BCUT2D eigenvalue weighted by atomic mass is 10.0. The highest BCUT2D eigenvalue weighted by atomic mass is 19.1. The summed E-state index contributed by atoms with van der Waals surface area (Å²) >= 11 is 0. The first-order chi connectivity index (χ1) is 17.4. The molecular weight excluding hydrogens is 457 g/mol. The van der Waals surface area contributed by atoms with Gasteiger partial charge >= 0.3 is 0 Å². The van der Waals surface area contributed by atoms with Crippen molar-refractivity contribution in [2.45, 2.75) is 26.3 Å². The Labute approximate surface area is 209 Å². The Kier molecular flexibility index (Phi) is 5.85. The first-order valence-corrected chi connectivity index (χ1v) is 12.4. The van der Waals surface area contributed by atoms with Crippen LogP contribution in [-0.4, -0.2) is 60.8 Å². The Morgan fingerprint density at radius 2 is 1.89 bits per heavy atom.